The van der Waals surface area contributed by atoms with E-state index in [0.717, 1.165) is 16.8 Å². The van der Waals surface area contributed by atoms with Gasteiger partial charge in [-0.2, -0.15) is 0 Å². The first-order valence-electron chi connectivity index (χ1n) is 5.69. The zero-order valence-electron chi connectivity index (χ0n) is 10.5. The number of fused-ring (bicyclic) bond motifs is 1. The molecule has 1 amide bonds. The largest absolute Gasteiger partial charge is 0.443 e. The number of anilines is 1. The van der Waals surface area contributed by atoms with Crippen molar-refractivity contribution in [3.05, 3.63) is 30.9 Å². The number of ether oxygens (including phenoxy) is 1. The van der Waals surface area contributed by atoms with Gasteiger partial charge in [0.1, 0.15) is 5.60 Å². The quantitative estimate of drug-likeness (QED) is 0.755. The molecule has 17 heavy (non-hydrogen) atoms. The molecule has 0 aliphatic heterocycles. The molecular weight excluding hydrogens is 214 g/mol. The van der Waals surface area contributed by atoms with Gasteiger partial charge in [0.15, 0.2) is 0 Å². The summed E-state index contributed by atoms with van der Waals surface area (Å²) in [5.41, 5.74) is 2.77. The molecule has 0 radical (unpaired) electrons. The Kier molecular flexibility index (Phi) is 2.69. The van der Waals surface area contributed by atoms with Crippen LogP contribution in [0.15, 0.2) is 30.9 Å². The average molecular weight is 231 g/mol. The van der Waals surface area contributed by atoms with Crippen LogP contribution in [0.4, 0.5) is 10.5 Å². The molecule has 0 atom stereocenters. The number of benzene rings is 1. The fraction of sp³-hybridized carbons (Fsp3) is 0.357. The van der Waals surface area contributed by atoms with E-state index in [2.05, 4.69) is 6.58 Å². The minimum absolute atomic E-state index is 0.316. The van der Waals surface area contributed by atoms with E-state index in [1.165, 1.54) is 0 Å². The fourth-order valence-electron chi connectivity index (χ4n) is 1.78. The van der Waals surface area contributed by atoms with Gasteiger partial charge >= 0.3 is 6.09 Å². The second-order valence-electron chi connectivity index (χ2n) is 5.08. The first-order valence-corrected chi connectivity index (χ1v) is 5.69. The van der Waals surface area contributed by atoms with Crippen molar-refractivity contribution in [1.82, 2.24) is 0 Å². The number of rotatable bonds is 3. The van der Waals surface area contributed by atoms with Gasteiger partial charge in [-0.15, -0.1) is 6.58 Å². The van der Waals surface area contributed by atoms with Crippen molar-refractivity contribution in [2.24, 2.45) is 0 Å². The molecule has 2 aliphatic carbocycles. The topological polar surface area (TPSA) is 29.5 Å². The van der Waals surface area contributed by atoms with Gasteiger partial charge in [-0.25, -0.2) is 4.79 Å². The molecule has 2 aliphatic rings. The van der Waals surface area contributed by atoms with Crippen LogP contribution >= 0.6 is 0 Å². The van der Waals surface area contributed by atoms with Crippen molar-refractivity contribution in [3.63, 3.8) is 0 Å². The standard InChI is InChI=1S/C14H17NO2/c1-5-9-15(13(16)17-14(2,3)4)12-10-7-6-8-11(10)12/h5-8H,1,9H2,2-4H3. The van der Waals surface area contributed by atoms with E-state index in [9.17, 15) is 4.79 Å². The molecule has 3 nitrogen and oxygen atoms in total. The van der Waals surface area contributed by atoms with Crippen molar-refractivity contribution in [1.29, 1.82) is 0 Å². The minimum Gasteiger partial charge on any atom is -0.443 e. The molecule has 2 rings (SSSR count). The highest BCUT2D eigenvalue weighted by molar-refractivity contribution is 6.12. The third kappa shape index (κ3) is 2.33. The third-order valence-corrected chi connectivity index (χ3v) is 2.46. The lowest BCUT2D eigenvalue weighted by molar-refractivity contribution is 0.0585. The summed E-state index contributed by atoms with van der Waals surface area (Å²) >= 11 is 0. The van der Waals surface area contributed by atoms with E-state index in [0.29, 0.717) is 6.54 Å². The number of carbonyl (C=O) groups is 1. The lowest BCUT2D eigenvalue weighted by Gasteiger charge is -2.24. The van der Waals surface area contributed by atoms with Crippen molar-refractivity contribution in [2.75, 3.05) is 11.4 Å². The summed E-state index contributed by atoms with van der Waals surface area (Å²) in [6.07, 6.45) is 1.39. The van der Waals surface area contributed by atoms with Gasteiger partial charge < -0.3 is 4.74 Å². The molecule has 0 saturated carbocycles. The maximum atomic E-state index is 12.0. The van der Waals surface area contributed by atoms with Crippen LogP contribution in [0, 0.1) is 0 Å². The first-order chi connectivity index (χ1) is 7.94. The van der Waals surface area contributed by atoms with Gasteiger partial charge in [0.2, 0.25) is 0 Å². The molecule has 0 aromatic rings. The zero-order valence-corrected chi connectivity index (χ0v) is 10.5. The zero-order chi connectivity index (χ0) is 12.6. The van der Waals surface area contributed by atoms with E-state index in [-0.39, 0.29) is 6.09 Å². The molecule has 0 aromatic carbocycles. The van der Waals surface area contributed by atoms with Gasteiger partial charge in [-0.1, -0.05) is 24.3 Å². The normalized spacial score (nSPS) is 11.9. The van der Waals surface area contributed by atoms with Crippen LogP contribution < -0.4 is 4.90 Å². The molecule has 0 aromatic heterocycles. The van der Waals surface area contributed by atoms with E-state index >= 15 is 0 Å². The predicted octanol–water partition coefficient (Wildman–Crippen LogP) is 3.59. The van der Waals surface area contributed by atoms with Gasteiger partial charge in [0.25, 0.3) is 0 Å². The van der Waals surface area contributed by atoms with Crippen LogP contribution in [-0.4, -0.2) is 18.2 Å². The van der Waals surface area contributed by atoms with Crippen LogP contribution in [0.25, 0.3) is 11.1 Å². The smallest absolute Gasteiger partial charge is 0.415 e. The second-order valence-corrected chi connectivity index (χ2v) is 5.08. The Morgan fingerprint density at radius 2 is 2.00 bits per heavy atom. The number of nitrogens with zero attached hydrogens (tertiary/aromatic N) is 1. The molecule has 0 fully saturated rings. The Bertz CT molecular complexity index is 451. The summed E-state index contributed by atoms with van der Waals surface area (Å²) in [5.74, 6) is 0. The van der Waals surface area contributed by atoms with Gasteiger partial charge in [0, 0.05) is 17.7 Å². The number of amides is 1. The number of carbonyl (C=O) groups excluding carboxylic acids is 1. The monoisotopic (exact) mass is 231 g/mol. The van der Waals surface area contributed by atoms with Gasteiger partial charge in [0.05, 0.1) is 5.69 Å². The van der Waals surface area contributed by atoms with Gasteiger partial charge in [-0.3, -0.25) is 4.90 Å². The summed E-state index contributed by atoms with van der Waals surface area (Å²) in [6.45, 7) is 9.73. The molecular formula is C14H17NO2. The Labute approximate surface area is 102 Å². The van der Waals surface area contributed by atoms with Crippen LogP contribution in [0.3, 0.4) is 0 Å². The molecule has 0 bridgehead atoms. The Balaban J connectivity index is 2.15. The number of para-hydroxylation sites is 1. The minimum atomic E-state index is -0.476. The highest BCUT2D eigenvalue weighted by Crippen LogP contribution is 2.51. The molecule has 3 heteroatoms. The molecule has 0 N–H and O–H groups in total. The summed E-state index contributed by atoms with van der Waals surface area (Å²) in [7, 11) is 0. The fourth-order valence-corrected chi connectivity index (χ4v) is 1.78. The Morgan fingerprint density at radius 1 is 1.41 bits per heavy atom. The summed E-state index contributed by atoms with van der Waals surface area (Å²) < 4.78 is 5.37. The highest BCUT2D eigenvalue weighted by Gasteiger charge is 2.33. The van der Waals surface area contributed by atoms with Crippen LogP contribution in [0.5, 0.6) is 0 Å². The molecule has 0 saturated heterocycles. The molecule has 0 spiro atoms. The Hall–Kier alpha value is -1.77. The highest BCUT2D eigenvalue weighted by atomic mass is 16.6. The molecule has 0 heterocycles. The Morgan fingerprint density at radius 3 is 2.47 bits per heavy atom. The molecule has 0 unspecified atom stereocenters. The van der Waals surface area contributed by atoms with Crippen LogP contribution in [-0.2, 0) is 4.74 Å². The van der Waals surface area contributed by atoms with Gasteiger partial charge in [-0.05, 0) is 20.8 Å². The van der Waals surface area contributed by atoms with E-state index in [1.54, 1.807) is 11.0 Å². The summed E-state index contributed by atoms with van der Waals surface area (Å²) in [4.78, 5) is 13.7. The van der Waals surface area contributed by atoms with E-state index in [4.69, 9.17) is 4.74 Å². The van der Waals surface area contributed by atoms with E-state index in [1.807, 2.05) is 39.0 Å². The van der Waals surface area contributed by atoms with Crippen molar-refractivity contribution < 1.29 is 9.53 Å². The van der Waals surface area contributed by atoms with Crippen LogP contribution in [0.2, 0.25) is 0 Å². The predicted molar refractivity (Wildman–Crippen MR) is 69.2 cm³/mol. The molecule has 90 valence electrons. The first kappa shape index (κ1) is 11.7. The van der Waals surface area contributed by atoms with E-state index < -0.39 is 5.60 Å². The SMILES string of the molecule is C=CCN(C(=O)OC(C)(C)C)c1c2cccc1-2. The maximum Gasteiger partial charge on any atom is 0.415 e. The third-order valence-electron chi connectivity index (χ3n) is 2.46. The maximum absolute atomic E-state index is 12.0. The lowest BCUT2D eigenvalue weighted by Crippen LogP contribution is -2.35. The van der Waals surface area contributed by atoms with Crippen molar-refractivity contribution >= 4 is 11.8 Å². The summed E-state index contributed by atoms with van der Waals surface area (Å²) in [6, 6.07) is 5.99. The van der Waals surface area contributed by atoms with Crippen molar-refractivity contribution in [3.8, 4) is 11.1 Å². The summed E-state index contributed by atoms with van der Waals surface area (Å²) in [5, 5.41) is 0. The number of hydrogen-bond acceptors (Lipinski definition) is 2. The van der Waals surface area contributed by atoms with Crippen LogP contribution in [0.1, 0.15) is 20.8 Å². The average Bonchev–Trinajstić information content (AvgIpc) is 2.68. The second kappa shape index (κ2) is 3.91. The lowest BCUT2D eigenvalue weighted by atomic mass is 10.2. The number of hydrogen-bond donors (Lipinski definition) is 0. The van der Waals surface area contributed by atoms with Crippen molar-refractivity contribution in [2.45, 2.75) is 26.4 Å².